The Kier molecular flexibility index (Phi) is 13.2. The molecule has 1 aliphatic rings. The number of hydrazone groups is 1. The lowest BCUT2D eigenvalue weighted by atomic mass is 9.76. The van der Waals surface area contributed by atoms with Crippen molar-refractivity contribution in [3.8, 4) is 5.75 Å². The van der Waals surface area contributed by atoms with E-state index in [-0.39, 0.29) is 43.3 Å². The number of rotatable bonds is 13. The molecule has 11 nitrogen and oxygen atoms in total. The number of anilines is 3. The summed E-state index contributed by atoms with van der Waals surface area (Å²) < 4.78 is 8.04. The van der Waals surface area contributed by atoms with Gasteiger partial charge in [-0.2, -0.15) is 5.01 Å². The molecular formula is C40H46Cl3N7O4S. The van der Waals surface area contributed by atoms with E-state index in [1.807, 2.05) is 19.2 Å². The Labute approximate surface area is 341 Å². The number of carbonyl (C=O) groups excluding carboxylic acids is 3. The highest BCUT2D eigenvalue weighted by atomic mass is 35.5. The molecule has 2 atom stereocenters. The van der Waals surface area contributed by atoms with Gasteiger partial charge in [-0.15, -0.1) is 5.10 Å². The molecule has 4 amide bonds. The Balaban J connectivity index is 1.33. The second-order valence-electron chi connectivity index (χ2n) is 14.4. The van der Waals surface area contributed by atoms with Crippen LogP contribution in [0.4, 0.5) is 21.9 Å². The molecule has 0 saturated heterocycles. The second kappa shape index (κ2) is 17.3. The predicted octanol–water partition coefficient (Wildman–Crippen LogP) is 10.5. The van der Waals surface area contributed by atoms with E-state index in [4.69, 9.17) is 39.5 Å². The first-order valence-electron chi connectivity index (χ1n) is 18.0. The van der Waals surface area contributed by atoms with Gasteiger partial charge in [0.05, 0.1) is 10.0 Å². The second-order valence-corrected chi connectivity index (χ2v) is 16.5. The van der Waals surface area contributed by atoms with E-state index in [1.54, 1.807) is 41.2 Å². The zero-order chi connectivity index (χ0) is 40.2. The third kappa shape index (κ3) is 9.26. The summed E-state index contributed by atoms with van der Waals surface area (Å²) in [4.78, 5) is 45.3. The molecule has 0 bridgehead atoms. The van der Waals surface area contributed by atoms with Crippen LogP contribution < -0.4 is 25.7 Å². The lowest BCUT2D eigenvalue weighted by Gasteiger charge is -2.31. The summed E-state index contributed by atoms with van der Waals surface area (Å²) in [5, 5.41) is 14.9. The highest BCUT2D eigenvalue weighted by molar-refractivity contribution is 7.98. The number of aromatic nitrogens is 2. The smallest absolute Gasteiger partial charge is 0.324 e. The molecule has 5 rings (SSSR count). The number of carbonyl (C=O) groups is 3. The van der Waals surface area contributed by atoms with Gasteiger partial charge < -0.3 is 19.9 Å². The molecule has 15 heteroatoms. The third-order valence-electron chi connectivity index (χ3n) is 10.0. The van der Waals surface area contributed by atoms with Crippen molar-refractivity contribution in [2.24, 2.45) is 5.10 Å². The number of urea groups is 1. The van der Waals surface area contributed by atoms with E-state index < -0.39 is 24.1 Å². The van der Waals surface area contributed by atoms with Crippen LogP contribution in [0, 0.1) is 0 Å². The maximum atomic E-state index is 13.9. The number of hydrogen-bond acceptors (Lipinski definition) is 7. The van der Waals surface area contributed by atoms with Gasteiger partial charge in [0.2, 0.25) is 0 Å². The summed E-state index contributed by atoms with van der Waals surface area (Å²) in [6, 6.07) is 14.1. The molecule has 0 saturated carbocycles. The molecule has 55 heavy (non-hydrogen) atoms. The molecule has 3 N–H and O–H groups in total. The fourth-order valence-corrected chi connectivity index (χ4v) is 7.49. The number of amidine groups is 1. The lowest BCUT2D eigenvalue weighted by Crippen LogP contribution is -2.40. The average molecular weight is 827 g/mol. The van der Waals surface area contributed by atoms with E-state index >= 15 is 0 Å². The lowest BCUT2D eigenvalue weighted by molar-refractivity contribution is -0.123. The molecule has 3 aromatic carbocycles. The minimum Gasteiger partial charge on any atom is -0.480 e. The van der Waals surface area contributed by atoms with E-state index in [1.165, 1.54) is 29.5 Å². The van der Waals surface area contributed by atoms with Crippen LogP contribution in [0.5, 0.6) is 5.75 Å². The summed E-state index contributed by atoms with van der Waals surface area (Å²) >= 11 is 20.3. The zero-order valence-corrected chi connectivity index (χ0v) is 35.2. The van der Waals surface area contributed by atoms with Gasteiger partial charge in [-0.1, -0.05) is 113 Å². The Morgan fingerprint density at radius 3 is 2.18 bits per heavy atom. The third-order valence-corrected chi connectivity index (χ3v) is 11.5. The summed E-state index contributed by atoms with van der Waals surface area (Å²) in [6.07, 6.45) is 6.52. The van der Waals surface area contributed by atoms with Gasteiger partial charge in [-0.25, -0.2) is 9.78 Å². The van der Waals surface area contributed by atoms with Gasteiger partial charge in [-0.3, -0.25) is 14.9 Å². The van der Waals surface area contributed by atoms with Gasteiger partial charge in [0.25, 0.3) is 11.8 Å². The van der Waals surface area contributed by atoms with E-state index in [0.717, 1.165) is 23.4 Å². The molecule has 0 aliphatic carbocycles. The monoisotopic (exact) mass is 825 g/mol. The average Bonchev–Trinajstić information content (AvgIpc) is 3.73. The first-order valence-corrected chi connectivity index (χ1v) is 20.3. The van der Waals surface area contributed by atoms with Crippen LogP contribution in [0.2, 0.25) is 15.1 Å². The van der Waals surface area contributed by atoms with Crippen LogP contribution in [0.1, 0.15) is 84.9 Å². The zero-order valence-electron chi connectivity index (χ0n) is 32.1. The first-order chi connectivity index (χ1) is 26.0. The van der Waals surface area contributed by atoms with Crippen molar-refractivity contribution in [1.29, 1.82) is 0 Å². The van der Waals surface area contributed by atoms with Crippen molar-refractivity contribution in [2.45, 2.75) is 95.9 Å². The van der Waals surface area contributed by atoms with Crippen LogP contribution in [0.15, 0.2) is 77.2 Å². The molecule has 1 aromatic heterocycles. The van der Waals surface area contributed by atoms with Crippen LogP contribution in [-0.2, 0) is 20.4 Å². The number of thioether (sulfide) groups is 1. The number of benzene rings is 3. The molecule has 0 radical (unpaired) electrons. The Morgan fingerprint density at radius 1 is 0.909 bits per heavy atom. The molecular weight excluding hydrogens is 781 g/mol. The minimum atomic E-state index is -1.09. The van der Waals surface area contributed by atoms with Crippen molar-refractivity contribution in [3.05, 3.63) is 93.2 Å². The van der Waals surface area contributed by atoms with E-state index in [2.05, 4.69) is 79.7 Å². The SMILES string of the molecule is CCC(Oc1ccc(C(C)(C)CC)cc1C(C)(C)CC)C(=O)Nc1cccc(NC(=O)NC2=NN(c3c(Cl)cc(Cl)cc3Cl)C(=O)C2n2ccnc2SC)c1. The predicted molar refractivity (Wildman–Crippen MR) is 224 cm³/mol. The summed E-state index contributed by atoms with van der Waals surface area (Å²) in [5.74, 6) is -0.170. The number of nitrogens with one attached hydrogen (secondary N) is 3. The normalized spacial score (nSPS) is 15.1. The van der Waals surface area contributed by atoms with Gasteiger partial charge in [0.1, 0.15) is 11.4 Å². The Morgan fingerprint density at radius 2 is 1.56 bits per heavy atom. The maximum Gasteiger partial charge on any atom is 0.324 e. The van der Waals surface area contributed by atoms with Crippen molar-refractivity contribution in [2.75, 3.05) is 21.9 Å². The molecule has 0 spiro atoms. The highest BCUT2D eigenvalue weighted by Gasteiger charge is 2.41. The quantitative estimate of drug-likeness (QED) is 0.115. The largest absolute Gasteiger partial charge is 0.480 e. The molecule has 1 aliphatic heterocycles. The standard InChI is InChI=1S/C40H46Cl3N7O4S/c1-9-30(54-31-16-15-23(39(4,5)10-2)19-27(31)40(6,7)11-3)35(51)45-25-13-12-14-26(22-25)46-37(53)47-34-33(49-18-17-44-38(49)55-8)36(52)50(48-34)32-28(42)20-24(41)21-29(32)43/h12-22,30,33H,9-11H2,1-8H3,(H,45,51)(H2,46,47,48,53). The van der Waals surface area contributed by atoms with E-state index in [0.29, 0.717) is 28.7 Å². The molecule has 2 heterocycles. The first kappa shape index (κ1) is 41.9. The van der Waals surface area contributed by atoms with Crippen molar-refractivity contribution < 1.29 is 19.1 Å². The molecule has 2 unspecified atom stereocenters. The number of hydrogen-bond donors (Lipinski definition) is 3. The topological polar surface area (TPSA) is 130 Å². The van der Waals surface area contributed by atoms with Crippen molar-refractivity contribution in [1.82, 2.24) is 14.9 Å². The number of imidazole rings is 1. The van der Waals surface area contributed by atoms with Gasteiger partial charge in [-0.05, 0) is 78.3 Å². The fourth-order valence-electron chi connectivity index (χ4n) is 5.97. The summed E-state index contributed by atoms with van der Waals surface area (Å²) in [5.41, 5.74) is 3.06. The number of ether oxygens (including phenoxy) is 1. The highest BCUT2D eigenvalue weighted by Crippen LogP contribution is 2.41. The minimum absolute atomic E-state index is 0.00203. The Bertz CT molecular complexity index is 2100. The number of amides is 4. The van der Waals surface area contributed by atoms with Crippen LogP contribution in [0.3, 0.4) is 0 Å². The Hall–Kier alpha value is -4.23. The molecule has 4 aromatic rings. The van der Waals surface area contributed by atoms with Gasteiger partial charge in [0.15, 0.2) is 23.1 Å². The van der Waals surface area contributed by atoms with Crippen molar-refractivity contribution >= 4 is 87.3 Å². The van der Waals surface area contributed by atoms with E-state index in [9.17, 15) is 14.4 Å². The number of nitrogens with zero attached hydrogens (tertiary/aromatic N) is 4. The fraction of sp³-hybridized carbons (Fsp3) is 0.375. The van der Waals surface area contributed by atoms with Crippen LogP contribution in [-0.4, -0.2) is 45.6 Å². The maximum absolute atomic E-state index is 13.9. The van der Waals surface area contributed by atoms with Crippen LogP contribution in [0.25, 0.3) is 0 Å². The number of halogens is 3. The van der Waals surface area contributed by atoms with Crippen LogP contribution >= 0.6 is 46.6 Å². The summed E-state index contributed by atoms with van der Waals surface area (Å²) in [7, 11) is 0. The molecule has 0 fully saturated rings. The summed E-state index contributed by atoms with van der Waals surface area (Å²) in [6.45, 7) is 15.1. The van der Waals surface area contributed by atoms with Crippen molar-refractivity contribution in [3.63, 3.8) is 0 Å². The molecule has 292 valence electrons. The van der Waals surface area contributed by atoms with Gasteiger partial charge in [0, 0.05) is 34.4 Å². The van der Waals surface area contributed by atoms with Gasteiger partial charge >= 0.3 is 6.03 Å².